The van der Waals surface area contributed by atoms with Gasteiger partial charge in [-0.05, 0) is 43.4 Å². The molecule has 2 rings (SSSR count). The molecule has 2 atom stereocenters. The van der Waals surface area contributed by atoms with Crippen molar-refractivity contribution in [2.75, 3.05) is 11.1 Å². The van der Waals surface area contributed by atoms with E-state index in [1.807, 2.05) is 12.1 Å². The normalized spacial score (nSPS) is 24.0. The monoisotopic (exact) mass is 215 g/mol. The lowest BCUT2D eigenvalue weighted by Crippen LogP contribution is -2.15. The smallest absolute Gasteiger partial charge is 0.101 e. The van der Waals surface area contributed by atoms with E-state index in [1.54, 1.807) is 6.07 Å². The Labute approximate surface area is 96.3 Å². The average Bonchev–Trinajstić information content (AvgIpc) is 2.67. The molecule has 0 aromatic heterocycles. The second kappa shape index (κ2) is 4.44. The highest BCUT2D eigenvalue weighted by Crippen LogP contribution is 2.28. The number of nitrogens with zero attached hydrogens (tertiary/aromatic N) is 1. The van der Waals surface area contributed by atoms with E-state index in [0.29, 0.717) is 17.3 Å². The number of anilines is 2. The zero-order chi connectivity index (χ0) is 11.5. The summed E-state index contributed by atoms with van der Waals surface area (Å²) in [6.07, 6.45) is 3.72. The van der Waals surface area contributed by atoms with Crippen molar-refractivity contribution in [1.82, 2.24) is 0 Å². The second-order valence-corrected chi connectivity index (χ2v) is 4.67. The molecule has 0 heterocycles. The van der Waals surface area contributed by atoms with Crippen LogP contribution in [0.25, 0.3) is 0 Å². The molecule has 1 aromatic carbocycles. The Morgan fingerprint density at radius 2 is 2.25 bits per heavy atom. The van der Waals surface area contributed by atoms with E-state index in [-0.39, 0.29) is 0 Å². The Bertz CT molecular complexity index is 420. The maximum absolute atomic E-state index is 8.89. The highest BCUT2D eigenvalue weighted by atomic mass is 14.9. The number of nitriles is 1. The first-order valence-corrected chi connectivity index (χ1v) is 5.75. The third kappa shape index (κ3) is 2.27. The van der Waals surface area contributed by atoms with Gasteiger partial charge in [-0.3, -0.25) is 0 Å². The van der Waals surface area contributed by atoms with Crippen LogP contribution in [0.1, 0.15) is 31.7 Å². The quantitative estimate of drug-likeness (QED) is 0.746. The van der Waals surface area contributed by atoms with Crippen molar-refractivity contribution in [3.63, 3.8) is 0 Å². The minimum absolute atomic E-state index is 0.546. The molecule has 0 saturated heterocycles. The van der Waals surface area contributed by atoms with Crippen LogP contribution in [-0.4, -0.2) is 6.04 Å². The summed E-state index contributed by atoms with van der Waals surface area (Å²) in [4.78, 5) is 0. The maximum atomic E-state index is 8.89. The van der Waals surface area contributed by atoms with Gasteiger partial charge >= 0.3 is 0 Å². The van der Waals surface area contributed by atoms with Crippen LogP contribution in [0.4, 0.5) is 11.4 Å². The van der Waals surface area contributed by atoms with Crippen molar-refractivity contribution in [3.8, 4) is 6.07 Å². The van der Waals surface area contributed by atoms with E-state index in [2.05, 4.69) is 18.3 Å². The number of hydrogen-bond donors (Lipinski definition) is 2. The zero-order valence-corrected chi connectivity index (χ0v) is 9.53. The number of nitrogens with two attached hydrogens (primary N) is 1. The molecule has 0 aliphatic heterocycles. The first kappa shape index (κ1) is 10.8. The molecule has 2 unspecified atom stereocenters. The van der Waals surface area contributed by atoms with Crippen molar-refractivity contribution in [3.05, 3.63) is 23.8 Å². The summed E-state index contributed by atoms with van der Waals surface area (Å²) in [6.45, 7) is 2.28. The summed E-state index contributed by atoms with van der Waals surface area (Å²) in [6, 6.07) is 8.22. The predicted octanol–water partition coefficient (Wildman–Crippen LogP) is 2.74. The van der Waals surface area contributed by atoms with Crippen molar-refractivity contribution < 1.29 is 0 Å². The zero-order valence-electron chi connectivity index (χ0n) is 9.53. The van der Waals surface area contributed by atoms with Crippen LogP contribution in [0, 0.1) is 17.2 Å². The summed E-state index contributed by atoms with van der Waals surface area (Å²) in [7, 11) is 0. The average molecular weight is 215 g/mol. The molecule has 1 saturated carbocycles. The number of rotatable bonds is 2. The number of benzene rings is 1. The third-order valence-corrected chi connectivity index (χ3v) is 3.24. The Balaban J connectivity index is 2.08. The molecule has 16 heavy (non-hydrogen) atoms. The fourth-order valence-corrected chi connectivity index (χ4v) is 2.32. The van der Waals surface area contributed by atoms with E-state index < -0.39 is 0 Å². The lowest BCUT2D eigenvalue weighted by Gasteiger charge is -2.14. The highest BCUT2D eigenvalue weighted by Gasteiger charge is 2.20. The van der Waals surface area contributed by atoms with E-state index in [9.17, 15) is 0 Å². The van der Waals surface area contributed by atoms with E-state index in [0.717, 1.165) is 11.6 Å². The first-order valence-electron chi connectivity index (χ1n) is 5.75. The Kier molecular flexibility index (Phi) is 3.00. The van der Waals surface area contributed by atoms with Gasteiger partial charge in [0.15, 0.2) is 0 Å². The van der Waals surface area contributed by atoms with Crippen molar-refractivity contribution in [2.24, 2.45) is 5.92 Å². The number of hydrogen-bond acceptors (Lipinski definition) is 3. The Morgan fingerprint density at radius 1 is 1.44 bits per heavy atom. The lowest BCUT2D eigenvalue weighted by atomic mass is 10.1. The first-order chi connectivity index (χ1) is 7.69. The summed E-state index contributed by atoms with van der Waals surface area (Å²) >= 11 is 0. The van der Waals surface area contributed by atoms with Gasteiger partial charge in [-0.1, -0.05) is 6.92 Å². The van der Waals surface area contributed by atoms with Gasteiger partial charge in [0.1, 0.15) is 6.07 Å². The van der Waals surface area contributed by atoms with Crippen LogP contribution >= 0.6 is 0 Å². The summed E-state index contributed by atoms with van der Waals surface area (Å²) in [5.74, 6) is 0.807. The standard InChI is InChI=1S/C13H17N3/c1-9-2-3-11(6-9)16-12-4-5-13(15)10(7-12)8-14/h4-5,7,9,11,16H,2-3,6,15H2,1H3. The summed E-state index contributed by atoms with van der Waals surface area (Å²) in [5, 5.41) is 12.4. The molecule has 84 valence electrons. The predicted molar refractivity (Wildman–Crippen MR) is 66.0 cm³/mol. The van der Waals surface area contributed by atoms with Crippen LogP contribution in [0.3, 0.4) is 0 Å². The Morgan fingerprint density at radius 3 is 2.88 bits per heavy atom. The molecule has 3 heteroatoms. The molecule has 0 bridgehead atoms. The SMILES string of the molecule is CC1CCC(Nc2ccc(N)c(C#N)c2)C1. The van der Waals surface area contributed by atoms with Crippen LogP contribution in [-0.2, 0) is 0 Å². The fraction of sp³-hybridized carbons (Fsp3) is 0.462. The minimum Gasteiger partial charge on any atom is -0.398 e. The number of nitrogens with one attached hydrogen (secondary N) is 1. The van der Waals surface area contributed by atoms with Gasteiger partial charge in [0.05, 0.1) is 5.56 Å². The molecule has 3 N–H and O–H groups in total. The molecule has 0 amide bonds. The van der Waals surface area contributed by atoms with Gasteiger partial charge in [0.2, 0.25) is 0 Å². The van der Waals surface area contributed by atoms with Gasteiger partial charge in [0, 0.05) is 17.4 Å². The molecular formula is C13H17N3. The topological polar surface area (TPSA) is 61.8 Å². The van der Waals surface area contributed by atoms with Crippen LogP contribution < -0.4 is 11.1 Å². The van der Waals surface area contributed by atoms with E-state index in [4.69, 9.17) is 11.0 Å². The van der Waals surface area contributed by atoms with Crippen LogP contribution in [0.5, 0.6) is 0 Å². The molecule has 1 aromatic rings. The molecule has 3 nitrogen and oxygen atoms in total. The summed E-state index contributed by atoms with van der Waals surface area (Å²) in [5.41, 5.74) is 7.79. The van der Waals surface area contributed by atoms with Crippen LogP contribution in [0.2, 0.25) is 0 Å². The van der Waals surface area contributed by atoms with Gasteiger partial charge in [-0.2, -0.15) is 5.26 Å². The fourth-order valence-electron chi connectivity index (χ4n) is 2.32. The van der Waals surface area contributed by atoms with E-state index >= 15 is 0 Å². The Hall–Kier alpha value is -1.69. The van der Waals surface area contributed by atoms with Crippen molar-refractivity contribution in [1.29, 1.82) is 5.26 Å². The molecule has 1 aliphatic rings. The molecule has 1 fully saturated rings. The minimum atomic E-state index is 0.546. The van der Waals surface area contributed by atoms with Gasteiger partial charge < -0.3 is 11.1 Å². The van der Waals surface area contributed by atoms with Gasteiger partial charge in [-0.15, -0.1) is 0 Å². The lowest BCUT2D eigenvalue weighted by molar-refractivity contribution is 0.602. The van der Waals surface area contributed by atoms with Crippen molar-refractivity contribution >= 4 is 11.4 Å². The van der Waals surface area contributed by atoms with E-state index in [1.165, 1.54) is 19.3 Å². The van der Waals surface area contributed by atoms with Gasteiger partial charge in [-0.25, -0.2) is 0 Å². The summed E-state index contributed by atoms with van der Waals surface area (Å²) < 4.78 is 0. The highest BCUT2D eigenvalue weighted by molar-refractivity contribution is 5.62. The molecule has 0 radical (unpaired) electrons. The van der Waals surface area contributed by atoms with Gasteiger partial charge in [0.25, 0.3) is 0 Å². The maximum Gasteiger partial charge on any atom is 0.101 e. The molecular weight excluding hydrogens is 198 g/mol. The van der Waals surface area contributed by atoms with Crippen molar-refractivity contribution in [2.45, 2.75) is 32.2 Å². The second-order valence-electron chi connectivity index (χ2n) is 4.67. The molecule has 0 spiro atoms. The molecule has 1 aliphatic carbocycles. The number of nitrogen functional groups attached to an aromatic ring is 1. The third-order valence-electron chi connectivity index (χ3n) is 3.24. The van der Waals surface area contributed by atoms with Crippen LogP contribution in [0.15, 0.2) is 18.2 Å². The largest absolute Gasteiger partial charge is 0.398 e.